The highest BCUT2D eigenvalue weighted by Crippen LogP contribution is 2.35. The van der Waals surface area contributed by atoms with Crippen LogP contribution in [0, 0.1) is 13.8 Å². The summed E-state index contributed by atoms with van der Waals surface area (Å²) < 4.78 is 5.31. The van der Waals surface area contributed by atoms with Gasteiger partial charge in [0.25, 0.3) is 0 Å². The van der Waals surface area contributed by atoms with Gasteiger partial charge in [0.1, 0.15) is 16.7 Å². The number of thioether (sulfide) groups is 1. The van der Waals surface area contributed by atoms with Gasteiger partial charge in [-0.15, -0.1) is 0 Å². The van der Waals surface area contributed by atoms with Crippen LogP contribution in [0.3, 0.4) is 0 Å². The van der Waals surface area contributed by atoms with Gasteiger partial charge in [-0.05, 0) is 49.2 Å². The number of hydrogen-bond acceptors (Lipinski definition) is 5. The number of carbonyl (C=O) groups is 2. The van der Waals surface area contributed by atoms with Crippen molar-refractivity contribution in [1.82, 2.24) is 4.90 Å². The molecule has 0 bridgehead atoms. The molecule has 8 heteroatoms. The van der Waals surface area contributed by atoms with Crippen molar-refractivity contribution >= 4 is 51.7 Å². The predicted octanol–water partition coefficient (Wildman–Crippen LogP) is 4.56. The summed E-state index contributed by atoms with van der Waals surface area (Å²) in [5, 5.41) is 3.39. The van der Waals surface area contributed by atoms with Gasteiger partial charge in [-0.2, -0.15) is 0 Å². The highest BCUT2D eigenvalue weighted by molar-refractivity contribution is 8.15. The third kappa shape index (κ3) is 4.92. The first-order valence-corrected chi connectivity index (χ1v) is 10.3. The maximum Gasteiger partial charge on any atom is 0.242 e. The minimum atomic E-state index is -0.533. The number of aryl methyl sites for hydroxylation is 2. The Morgan fingerprint density at radius 1 is 1.28 bits per heavy atom. The van der Waals surface area contributed by atoms with E-state index >= 15 is 0 Å². The number of halogens is 1. The van der Waals surface area contributed by atoms with E-state index in [-0.39, 0.29) is 18.2 Å². The quantitative estimate of drug-likeness (QED) is 0.753. The van der Waals surface area contributed by atoms with Crippen LogP contribution in [0.25, 0.3) is 0 Å². The van der Waals surface area contributed by atoms with E-state index in [0.29, 0.717) is 21.6 Å². The third-order valence-electron chi connectivity index (χ3n) is 4.54. The first-order chi connectivity index (χ1) is 13.8. The zero-order valence-corrected chi connectivity index (χ0v) is 18.2. The molecule has 1 fully saturated rings. The lowest BCUT2D eigenvalue weighted by molar-refractivity contribution is -0.127. The Bertz CT molecular complexity index is 993. The molecule has 0 saturated carbocycles. The summed E-state index contributed by atoms with van der Waals surface area (Å²) >= 11 is 7.32. The monoisotopic (exact) mass is 431 g/mol. The van der Waals surface area contributed by atoms with Crippen LogP contribution in [0.2, 0.25) is 5.02 Å². The van der Waals surface area contributed by atoms with Crippen LogP contribution in [0.4, 0.5) is 11.4 Å². The summed E-state index contributed by atoms with van der Waals surface area (Å²) in [5.41, 5.74) is 3.32. The van der Waals surface area contributed by atoms with Crippen molar-refractivity contribution in [3.05, 3.63) is 52.5 Å². The number of aliphatic imine (C=N–C) groups is 1. The lowest BCUT2D eigenvalue weighted by atomic mass is 10.1. The zero-order chi connectivity index (χ0) is 21.1. The van der Waals surface area contributed by atoms with E-state index in [4.69, 9.17) is 16.3 Å². The van der Waals surface area contributed by atoms with Gasteiger partial charge < -0.3 is 10.1 Å². The van der Waals surface area contributed by atoms with Gasteiger partial charge >= 0.3 is 0 Å². The number of nitrogens with zero attached hydrogens (tertiary/aromatic N) is 2. The van der Waals surface area contributed by atoms with Crippen molar-refractivity contribution < 1.29 is 14.3 Å². The predicted molar refractivity (Wildman–Crippen MR) is 118 cm³/mol. The second-order valence-corrected chi connectivity index (χ2v) is 8.39. The van der Waals surface area contributed by atoms with Crippen LogP contribution in [-0.2, 0) is 9.59 Å². The maximum absolute atomic E-state index is 12.6. The molecule has 1 aliphatic heterocycles. The van der Waals surface area contributed by atoms with E-state index in [9.17, 15) is 9.59 Å². The van der Waals surface area contributed by atoms with E-state index < -0.39 is 5.25 Å². The highest BCUT2D eigenvalue weighted by Gasteiger charge is 2.37. The van der Waals surface area contributed by atoms with Gasteiger partial charge in [-0.1, -0.05) is 35.5 Å². The molecule has 1 heterocycles. The maximum atomic E-state index is 12.6. The van der Waals surface area contributed by atoms with Crippen LogP contribution >= 0.6 is 23.4 Å². The van der Waals surface area contributed by atoms with Gasteiger partial charge in [0.15, 0.2) is 5.17 Å². The number of methoxy groups -OCH3 is 1. The molecule has 6 nitrogen and oxygen atoms in total. The number of ether oxygens (including phenoxy) is 1. The average molecular weight is 432 g/mol. The molecule has 1 saturated heterocycles. The molecule has 2 aromatic rings. The molecule has 1 N–H and O–H groups in total. The van der Waals surface area contributed by atoms with Gasteiger partial charge in [0, 0.05) is 24.2 Å². The van der Waals surface area contributed by atoms with Crippen molar-refractivity contribution in [2.75, 3.05) is 19.5 Å². The van der Waals surface area contributed by atoms with Crippen molar-refractivity contribution in [2.24, 2.45) is 4.99 Å². The molecule has 1 aliphatic rings. The SMILES string of the molecule is COc1ccc(Cl)cc1N=C1SC(CC(=O)Nc2cc(C)ccc2C)C(=O)N1C. The molecule has 29 heavy (non-hydrogen) atoms. The molecule has 1 atom stereocenters. The Morgan fingerprint density at radius 3 is 2.76 bits per heavy atom. The van der Waals surface area contributed by atoms with Gasteiger partial charge in [0.05, 0.1) is 7.11 Å². The number of benzene rings is 2. The van der Waals surface area contributed by atoms with Gasteiger partial charge in [-0.25, -0.2) is 4.99 Å². The second kappa shape index (κ2) is 8.88. The molecule has 2 amide bonds. The number of rotatable bonds is 5. The third-order valence-corrected chi connectivity index (χ3v) is 6.00. The molecule has 0 aromatic heterocycles. The summed E-state index contributed by atoms with van der Waals surface area (Å²) in [4.78, 5) is 31.1. The molecule has 0 spiro atoms. The second-order valence-electron chi connectivity index (χ2n) is 6.78. The number of hydrogen-bond donors (Lipinski definition) is 1. The normalized spacial score (nSPS) is 17.7. The Hall–Kier alpha value is -2.51. The molecule has 152 valence electrons. The Kier molecular flexibility index (Phi) is 6.49. The summed E-state index contributed by atoms with van der Waals surface area (Å²) in [5.74, 6) is 0.185. The Morgan fingerprint density at radius 2 is 2.03 bits per heavy atom. The topological polar surface area (TPSA) is 71.0 Å². The molecule has 2 aromatic carbocycles. The van der Waals surface area contributed by atoms with Crippen LogP contribution < -0.4 is 10.1 Å². The first-order valence-electron chi connectivity index (χ1n) is 9.02. The fourth-order valence-corrected chi connectivity index (χ4v) is 4.20. The summed E-state index contributed by atoms with van der Waals surface area (Å²) in [6.45, 7) is 3.90. The van der Waals surface area contributed by atoms with Crippen molar-refractivity contribution in [1.29, 1.82) is 0 Å². The molecular weight excluding hydrogens is 410 g/mol. The lowest BCUT2D eigenvalue weighted by Gasteiger charge is -2.11. The highest BCUT2D eigenvalue weighted by atomic mass is 35.5. The first kappa shape index (κ1) is 21.2. The molecule has 0 aliphatic carbocycles. The van der Waals surface area contributed by atoms with E-state index in [1.54, 1.807) is 32.4 Å². The number of carbonyl (C=O) groups excluding carboxylic acids is 2. The minimum Gasteiger partial charge on any atom is -0.494 e. The lowest BCUT2D eigenvalue weighted by Crippen LogP contribution is -2.30. The number of anilines is 1. The van der Waals surface area contributed by atoms with Crippen LogP contribution in [0.15, 0.2) is 41.4 Å². The fraction of sp³-hybridized carbons (Fsp3) is 0.286. The van der Waals surface area contributed by atoms with E-state index in [1.807, 2.05) is 32.0 Å². The Labute approximate surface area is 179 Å². The zero-order valence-electron chi connectivity index (χ0n) is 16.7. The smallest absolute Gasteiger partial charge is 0.242 e. The largest absolute Gasteiger partial charge is 0.494 e. The number of amides is 2. The standard InChI is InChI=1S/C21H22ClN3O3S/c1-12-5-6-13(2)15(9-12)23-19(26)11-18-20(27)25(3)21(29-18)24-16-10-14(22)7-8-17(16)28-4/h5-10,18H,11H2,1-4H3,(H,23,26). The number of nitrogens with one attached hydrogen (secondary N) is 1. The average Bonchev–Trinajstić information content (AvgIpc) is 2.93. The van der Waals surface area contributed by atoms with Gasteiger partial charge in [0.2, 0.25) is 11.8 Å². The van der Waals surface area contributed by atoms with Gasteiger partial charge in [-0.3, -0.25) is 14.5 Å². The summed E-state index contributed by atoms with van der Waals surface area (Å²) in [7, 11) is 3.19. The molecule has 3 rings (SSSR count). The molecular formula is C21H22ClN3O3S. The van der Waals surface area contributed by atoms with Crippen molar-refractivity contribution in [3.63, 3.8) is 0 Å². The summed E-state index contributed by atoms with van der Waals surface area (Å²) in [6.07, 6.45) is 0.0624. The molecule has 1 unspecified atom stereocenters. The Balaban J connectivity index is 1.74. The van der Waals surface area contributed by atoms with Crippen LogP contribution in [0.5, 0.6) is 5.75 Å². The van der Waals surface area contributed by atoms with Crippen molar-refractivity contribution in [2.45, 2.75) is 25.5 Å². The van der Waals surface area contributed by atoms with Crippen LogP contribution in [0.1, 0.15) is 17.5 Å². The van der Waals surface area contributed by atoms with E-state index in [1.165, 1.54) is 16.7 Å². The fourth-order valence-electron chi connectivity index (χ4n) is 2.89. The minimum absolute atomic E-state index is 0.0624. The number of amidine groups is 1. The molecule has 0 radical (unpaired) electrons. The van der Waals surface area contributed by atoms with Crippen molar-refractivity contribution in [3.8, 4) is 5.75 Å². The summed E-state index contributed by atoms with van der Waals surface area (Å²) in [6, 6.07) is 11.0. The van der Waals surface area contributed by atoms with E-state index in [0.717, 1.165) is 16.8 Å². The van der Waals surface area contributed by atoms with E-state index in [2.05, 4.69) is 10.3 Å². The van der Waals surface area contributed by atoms with Crippen LogP contribution in [-0.4, -0.2) is 41.3 Å².